The summed E-state index contributed by atoms with van der Waals surface area (Å²) in [6, 6.07) is 31.2. The fraction of sp³-hybridized carbons (Fsp3) is 0.103. The summed E-state index contributed by atoms with van der Waals surface area (Å²) in [5.74, 6) is 0. The molecular weight excluding hydrogens is 362 g/mol. The Labute approximate surface area is 177 Å². The van der Waals surface area contributed by atoms with Crippen LogP contribution < -0.4 is 5.32 Å². The Morgan fingerprint density at radius 3 is 1.57 bits per heavy atom. The van der Waals surface area contributed by atoms with Crippen LogP contribution >= 0.6 is 0 Å². The zero-order valence-corrected chi connectivity index (χ0v) is 17.3. The van der Waals surface area contributed by atoms with Crippen LogP contribution in [0.1, 0.15) is 44.5 Å². The molecule has 1 heteroatoms. The fourth-order valence-electron chi connectivity index (χ4n) is 5.46. The summed E-state index contributed by atoms with van der Waals surface area (Å²) in [5.41, 5.74) is 13.3. The van der Waals surface area contributed by atoms with Crippen LogP contribution in [0.25, 0.3) is 5.57 Å². The monoisotopic (exact) mass is 385 g/mol. The van der Waals surface area contributed by atoms with Gasteiger partial charge in [0, 0.05) is 11.4 Å². The van der Waals surface area contributed by atoms with Crippen molar-refractivity contribution in [2.75, 3.05) is 5.32 Å². The normalized spacial score (nSPS) is 14.9. The highest BCUT2D eigenvalue weighted by Gasteiger charge is 2.48. The van der Waals surface area contributed by atoms with E-state index in [0.29, 0.717) is 0 Å². The van der Waals surface area contributed by atoms with Crippen molar-refractivity contribution < 1.29 is 0 Å². The van der Waals surface area contributed by atoms with E-state index in [4.69, 9.17) is 0 Å². The highest BCUT2D eigenvalue weighted by atomic mass is 14.9. The van der Waals surface area contributed by atoms with Gasteiger partial charge >= 0.3 is 0 Å². The molecule has 4 aromatic carbocycles. The standard InChI is InChI=1S/C29H23N/c1-18-12-14-27-25(16-18)29(26-17-19(2)13-15-28(26)30-27)23-10-6-4-8-21(23)20(3)22-9-5-7-11-24(22)29/h4-17,30H,3H2,1-2H3. The average Bonchev–Trinajstić information content (AvgIpc) is 2.77. The van der Waals surface area contributed by atoms with Gasteiger partial charge in [0.05, 0.1) is 5.41 Å². The van der Waals surface area contributed by atoms with Crippen LogP contribution in [0.15, 0.2) is 91.5 Å². The van der Waals surface area contributed by atoms with Crippen molar-refractivity contribution in [1.82, 2.24) is 0 Å². The van der Waals surface area contributed by atoms with Crippen molar-refractivity contribution in [3.63, 3.8) is 0 Å². The van der Waals surface area contributed by atoms with E-state index in [9.17, 15) is 0 Å². The van der Waals surface area contributed by atoms with Crippen LogP contribution in [0.4, 0.5) is 11.4 Å². The number of fused-ring (bicyclic) bond motifs is 8. The first kappa shape index (κ1) is 17.3. The Hall–Kier alpha value is -3.58. The Balaban J connectivity index is 1.88. The highest BCUT2D eigenvalue weighted by molar-refractivity contribution is 5.93. The SMILES string of the molecule is C=C1c2ccccc2C2(c3cc(C)ccc3Nc3ccc(C)cc32)c2ccccc21. The second kappa shape index (κ2) is 5.96. The van der Waals surface area contributed by atoms with Crippen molar-refractivity contribution in [3.8, 4) is 0 Å². The lowest BCUT2D eigenvalue weighted by Crippen LogP contribution is -2.39. The summed E-state index contributed by atoms with van der Waals surface area (Å²) in [6.07, 6.45) is 0. The second-order valence-electron chi connectivity index (χ2n) is 8.54. The van der Waals surface area contributed by atoms with E-state index in [2.05, 4.69) is 111 Å². The molecule has 1 N–H and O–H groups in total. The number of rotatable bonds is 0. The summed E-state index contributed by atoms with van der Waals surface area (Å²) >= 11 is 0. The average molecular weight is 386 g/mol. The molecular formula is C29H23N. The molecule has 0 fully saturated rings. The maximum absolute atomic E-state index is 4.51. The van der Waals surface area contributed by atoms with Gasteiger partial charge in [-0.25, -0.2) is 0 Å². The third-order valence-electron chi connectivity index (χ3n) is 6.74. The van der Waals surface area contributed by atoms with E-state index in [1.807, 2.05) is 0 Å². The predicted molar refractivity (Wildman–Crippen MR) is 126 cm³/mol. The van der Waals surface area contributed by atoms with Crippen LogP contribution in [0, 0.1) is 13.8 Å². The minimum Gasteiger partial charge on any atom is -0.355 e. The zero-order valence-electron chi connectivity index (χ0n) is 17.3. The van der Waals surface area contributed by atoms with Crippen LogP contribution in [-0.2, 0) is 5.41 Å². The Morgan fingerprint density at radius 2 is 1.07 bits per heavy atom. The topological polar surface area (TPSA) is 12.0 Å². The third-order valence-corrected chi connectivity index (χ3v) is 6.74. The lowest BCUT2D eigenvalue weighted by atomic mass is 9.57. The molecule has 0 amide bonds. The maximum Gasteiger partial charge on any atom is 0.0754 e. The van der Waals surface area contributed by atoms with Gasteiger partial charge < -0.3 is 5.32 Å². The number of hydrogen-bond donors (Lipinski definition) is 1. The molecule has 0 bridgehead atoms. The van der Waals surface area contributed by atoms with Crippen LogP contribution in [0.2, 0.25) is 0 Å². The first-order chi connectivity index (χ1) is 14.6. The molecule has 1 aliphatic carbocycles. The molecule has 6 rings (SSSR count). The molecule has 4 aromatic rings. The molecule has 30 heavy (non-hydrogen) atoms. The van der Waals surface area contributed by atoms with Crippen molar-refractivity contribution in [1.29, 1.82) is 0 Å². The van der Waals surface area contributed by atoms with Crippen molar-refractivity contribution in [3.05, 3.63) is 136 Å². The number of nitrogens with one attached hydrogen (secondary N) is 1. The zero-order chi connectivity index (χ0) is 20.5. The number of hydrogen-bond acceptors (Lipinski definition) is 1. The molecule has 1 aliphatic heterocycles. The molecule has 0 aromatic heterocycles. The van der Waals surface area contributed by atoms with E-state index < -0.39 is 0 Å². The largest absolute Gasteiger partial charge is 0.355 e. The fourth-order valence-corrected chi connectivity index (χ4v) is 5.46. The lowest BCUT2D eigenvalue weighted by Gasteiger charge is -2.47. The smallest absolute Gasteiger partial charge is 0.0754 e. The van der Waals surface area contributed by atoms with Crippen molar-refractivity contribution >= 4 is 16.9 Å². The van der Waals surface area contributed by atoms with Gasteiger partial charge in [0.2, 0.25) is 0 Å². The Kier molecular flexibility index (Phi) is 3.44. The van der Waals surface area contributed by atoms with Gasteiger partial charge in [0.25, 0.3) is 0 Å². The lowest BCUT2D eigenvalue weighted by molar-refractivity contribution is 0.725. The van der Waals surface area contributed by atoms with Gasteiger partial charge in [0.15, 0.2) is 0 Å². The van der Waals surface area contributed by atoms with E-state index in [1.165, 1.54) is 55.9 Å². The molecule has 0 unspecified atom stereocenters. The van der Waals surface area contributed by atoms with E-state index in [1.54, 1.807) is 0 Å². The minimum absolute atomic E-state index is 0.373. The van der Waals surface area contributed by atoms with Gasteiger partial charge in [-0.2, -0.15) is 0 Å². The van der Waals surface area contributed by atoms with Gasteiger partial charge in [-0.1, -0.05) is 90.5 Å². The summed E-state index contributed by atoms with van der Waals surface area (Å²) in [4.78, 5) is 0. The van der Waals surface area contributed by atoms with Crippen LogP contribution in [-0.4, -0.2) is 0 Å². The first-order valence-corrected chi connectivity index (χ1v) is 10.5. The predicted octanol–water partition coefficient (Wildman–Crippen LogP) is 7.12. The summed E-state index contributed by atoms with van der Waals surface area (Å²) in [7, 11) is 0. The Bertz CT molecular complexity index is 1260. The third kappa shape index (κ3) is 2.07. The molecule has 0 saturated carbocycles. The maximum atomic E-state index is 4.51. The summed E-state index contributed by atoms with van der Waals surface area (Å²) < 4.78 is 0. The first-order valence-electron chi connectivity index (χ1n) is 10.5. The van der Waals surface area contributed by atoms with Crippen LogP contribution in [0.5, 0.6) is 0 Å². The number of anilines is 2. The van der Waals surface area contributed by atoms with Crippen molar-refractivity contribution in [2.45, 2.75) is 19.3 Å². The molecule has 0 saturated heterocycles. The molecule has 1 nitrogen and oxygen atoms in total. The quantitative estimate of drug-likeness (QED) is 0.293. The molecule has 1 heterocycles. The molecule has 1 spiro atoms. The summed E-state index contributed by atoms with van der Waals surface area (Å²) in [5, 5.41) is 3.72. The van der Waals surface area contributed by atoms with E-state index >= 15 is 0 Å². The summed E-state index contributed by atoms with van der Waals surface area (Å²) in [6.45, 7) is 8.87. The van der Waals surface area contributed by atoms with E-state index in [0.717, 1.165) is 5.57 Å². The molecule has 0 radical (unpaired) electrons. The van der Waals surface area contributed by atoms with Crippen LogP contribution in [0.3, 0.4) is 0 Å². The van der Waals surface area contributed by atoms with Gasteiger partial charge in [0.1, 0.15) is 0 Å². The molecule has 0 atom stereocenters. The van der Waals surface area contributed by atoms with Gasteiger partial charge in [-0.05, 0) is 64.9 Å². The highest BCUT2D eigenvalue weighted by Crippen LogP contribution is 2.58. The van der Waals surface area contributed by atoms with Crippen molar-refractivity contribution in [2.24, 2.45) is 0 Å². The van der Waals surface area contributed by atoms with E-state index in [-0.39, 0.29) is 5.41 Å². The van der Waals surface area contributed by atoms with Gasteiger partial charge in [-0.15, -0.1) is 0 Å². The molecule has 2 aliphatic rings. The number of aryl methyl sites for hydroxylation is 2. The second-order valence-corrected chi connectivity index (χ2v) is 8.54. The Morgan fingerprint density at radius 1 is 0.600 bits per heavy atom. The minimum atomic E-state index is -0.373. The van der Waals surface area contributed by atoms with Gasteiger partial charge in [-0.3, -0.25) is 0 Å². The molecule has 144 valence electrons. The number of benzene rings is 4.